The van der Waals surface area contributed by atoms with Crippen LogP contribution in [0, 0.1) is 5.82 Å². The van der Waals surface area contributed by atoms with Crippen LogP contribution in [0.15, 0.2) is 48.5 Å². The van der Waals surface area contributed by atoms with E-state index in [0.29, 0.717) is 12.4 Å². The van der Waals surface area contributed by atoms with E-state index in [1.54, 1.807) is 6.92 Å². The maximum absolute atomic E-state index is 13.5. The van der Waals surface area contributed by atoms with E-state index in [2.05, 4.69) is 0 Å². The first kappa shape index (κ1) is 16.0. The zero-order valence-corrected chi connectivity index (χ0v) is 12.3. The molecule has 0 aliphatic heterocycles. The summed E-state index contributed by atoms with van der Waals surface area (Å²) < 4.78 is 24.0. The summed E-state index contributed by atoms with van der Waals surface area (Å²) in [4.78, 5) is 11.8. The lowest BCUT2D eigenvalue weighted by atomic mass is 10.1. The third-order valence-corrected chi connectivity index (χ3v) is 3.08. The Kier molecular flexibility index (Phi) is 5.49. The molecule has 0 fully saturated rings. The van der Waals surface area contributed by atoms with Gasteiger partial charge in [0.15, 0.2) is 0 Å². The molecule has 5 heteroatoms. The number of hydrogen-bond acceptors (Lipinski definition) is 4. The van der Waals surface area contributed by atoms with Crippen molar-refractivity contribution in [3.05, 3.63) is 65.5 Å². The molecule has 0 radical (unpaired) electrons. The smallest absolute Gasteiger partial charge is 0.327 e. The minimum atomic E-state index is -1.08. The van der Waals surface area contributed by atoms with Crippen molar-refractivity contribution >= 4 is 5.97 Å². The summed E-state index contributed by atoms with van der Waals surface area (Å²) in [6, 6.07) is 12.4. The fourth-order valence-corrected chi connectivity index (χ4v) is 1.99. The van der Waals surface area contributed by atoms with Crippen molar-refractivity contribution < 1.29 is 18.7 Å². The topological polar surface area (TPSA) is 61.5 Å². The van der Waals surface area contributed by atoms with Crippen LogP contribution in [0.25, 0.3) is 0 Å². The Hall–Kier alpha value is -2.40. The second-order valence-corrected chi connectivity index (χ2v) is 4.69. The summed E-state index contributed by atoms with van der Waals surface area (Å²) in [5.74, 6) is -0.731. The normalized spacial score (nSPS) is 11.8. The minimum absolute atomic E-state index is 0.210. The van der Waals surface area contributed by atoms with E-state index in [1.807, 2.05) is 30.3 Å². The molecular formula is C17H18FNO3. The highest BCUT2D eigenvalue weighted by Crippen LogP contribution is 2.26. The first-order valence-corrected chi connectivity index (χ1v) is 7.00. The number of rotatable bonds is 6. The van der Waals surface area contributed by atoms with Crippen molar-refractivity contribution in [3.63, 3.8) is 0 Å². The maximum Gasteiger partial charge on any atom is 0.327 e. The van der Waals surface area contributed by atoms with E-state index in [4.69, 9.17) is 15.2 Å². The van der Waals surface area contributed by atoms with Gasteiger partial charge in [0.05, 0.1) is 6.61 Å². The van der Waals surface area contributed by atoms with Crippen molar-refractivity contribution in [2.24, 2.45) is 5.73 Å². The van der Waals surface area contributed by atoms with Gasteiger partial charge in [0, 0.05) is 5.56 Å². The average Bonchev–Trinajstić information content (AvgIpc) is 2.54. The van der Waals surface area contributed by atoms with E-state index < -0.39 is 17.8 Å². The van der Waals surface area contributed by atoms with E-state index >= 15 is 0 Å². The van der Waals surface area contributed by atoms with E-state index in [-0.39, 0.29) is 12.2 Å². The Morgan fingerprint density at radius 3 is 2.64 bits per heavy atom. The largest absolute Gasteiger partial charge is 0.489 e. The number of halogens is 1. The molecule has 2 aromatic rings. The number of nitrogens with two attached hydrogens (primary N) is 1. The zero-order chi connectivity index (χ0) is 15.9. The molecular weight excluding hydrogens is 285 g/mol. The maximum atomic E-state index is 13.5. The minimum Gasteiger partial charge on any atom is -0.489 e. The van der Waals surface area contributed by atoms with Crippen LogP contribution in [-0.4, -0.2) is 12.6 Å². The molecule has 1 atom stereocenters. The van der Waals surface area contributed by atoms with Gasteiger partial charge in [-0.2, -0.15) is 0 Å². The number of carbonyl (C=O) groups excluding carboxylic acids is 1. The molecule has 1 unspecified atom stereocenters. The molecule has 4 nitrogen and oxygen atoms in total. The molecule has 0 aliphatic carbocycles. The summed E-state index contributed by atoms with van der Waals surface area (Å²) in [6.07, 6.45) is 0. The highest BCUT2D eigenvalue weighted by Gasteiger charge is 2.22. The van der Waals surface area contributed by atoms with E-state index in [9.17, 15) is 9.18 Å². The molecule has 2 N–H and O–H groups in total. The van der Waals surface area contributed by atoms with Crippen LogP contribution in [0.4, 0.5) is 4.39 Å². The summed E-state index contributed by atoms with van der Waals surface area (Å²) in [5.41, 5.74) is 7.08. The average molecular weight is 303 g/mol. The Balaban J connectivity index is 2.18. The van der Waals surface area contributed by atoms with Crippen molar-refractivity contribution in [1.29, 1.82) is 0 Å². The predicted octanol–water partition coefficient (Wildman–Crippen LogP) is 2.97. The van der Waals surface area contributed by atoms with Crippen molar-refractivity contribution in [3.8, 4) is 5.75 Å². The zero-order valence-electron chi connectivity index (χ0n) is 12.3. The number of hydrogen-bond donors (Lipinski definition) is 1. The van der Waals surface area contributed by atoms with Crippen molar-refractivity contribution in [2.45, 2.75) is 19.6 Å². The fourth-order valence-electron chi connectivity index (χ4n) is 1.99. The van der Waals surface area contributed by atoms with Gasteiger partial charge in [0.1, 0.15) is 24.2 Å². The molecule has 2 aromatic carbocycles. The van der Waals surface area contributed by atoms with Gasteiger partial charge in [0.2, 0.25) is 0 Å². The third-order valence-electron chi connectivity index (χ3n) is 3.08. The predicted molar refractivity (Wildman–Crippen MR) is 80.7 cm³/mol. The van der Waals surface area contributed by atoms with Gasteiger partial charge < -0.3 is 15.2 Å². The Labute approximate surface area is 128 Å². The summed E-state index contributed by atoms with van der Waals surface area (Å²) in [5, 5.41) is 0. The van der Waals surface area contributed by atoms with Gasteiger partial charge in [-0.1, -0.05) is 30.3 Å². The van der Waals surface area contributed by atoms with Crippen molar-refractivity contribution in [2.75, 3.05) is 6.61 Å². The van der Waals surface area contributed by atoms with Gasteiger partial charge in [-0.3, -0.25) is 0 Å². The molecule has 2 rings (SSSR count). The SMILES string of the molecule is CCOC(=O)C(N)c1cc(F)ccc1OCc1ccccc1. The molecule has 0 spiro atoms. The van der Waals surface area contributed by atoms with Crippen LogP contribution in [-0.2, 0) is 16.1 Å². The Morgan fingerprint density at radius 1 is 1.23 bits per heavy atom. The third kappa shape index (κ3) is 4.05. The van der Waals surface area contributed by atoms with Gasteiger partial charge in [-0.05, 0) is 30.7 Å². The van der Waals surface area contributed by atoms with Gasteiger partial charge in [-0.15, -0.1) is 0 Å². The molecule has 22 heavy (non-hydrogen) atoms. The summed E-state index contributed by atoms with van der Waals surface area (Å²) >= 11 is 0. The first-order valence-electron chi connectivity index (χ1n) is 7.00. The molecule has 0 heterocycles. The van der Waals surface area contributed by atoms with Crippen LogP contribution >= 0.6 is 0 Å². The van der Waals surface area contributed by atoms with Crippen LogP contribution < -0.4 is 10.5 Å². The lowest BCUT2D eigenvalue weighted by Gasteiger charge is -2.16. The monoisotopic (exact) mass is 303 g/mol. The molecule has 116 valence electrons. The van der Waals surface area contributed by atoms with E-state index in [0.717, 1.165) is 5.56 Å². The number of esters is 1. The fraction of sp³-hybridized carbons (Fsp3) is 0.235. The lowest BCUT2D eigenvalue weighted by molar-refractivity contribution is -0.144. The second kappa shape index (κ2) is 7.56. The number of ether oxygens (including phenoxy) is 2. The van der Waals surface area contributed by atoms with Crippen LogP contribution in [0.3, 0.4) is 0 Å². The second-order valence-electron chi connectivity index (χ2n) is 4.69. The van der Waals surface area contributed by atoms with Crippen LogP contribution in [0.5, 0.6) is 5.75 Å². The number of benzene rings is 2. The molecule has 0 bridgehead atoms. The standard InChI is InChI=1S/C17H18FNO3/c1-2-21-17(20)16(19)14-10-13(18)8-9-15(14)22-11-12-6-4-3-5-7-12/h3-10,16H,2,11,19H2,1H3. The first-order chi connectivity index (χ1) is 10.6. The van der Waals surface area contributed by atoms with Gasteiger partial charge in [0.25, 0.3) is 0 Å². The molecule has 0 saturated carbocycles. The molecule has 0 aromatic heterocycles. The molecule has 0 amide bonds. The highest BCUT2D eigenvalue weighted by molar-refractivity contribution is 5.78. The summed E-state index contributed by atoms with van der Waals surface area (Å²) in [6.45, 7) is 2.19. The van der Waals surface area contributed by atoms with Crippen molar-refractivity contribution in [1.82, 2.24) is 0 Å². The summed E-state index contributed by atoms with van der Waals surface area (Å²) in [7, 11) is 0. The van der Waals surface area contributed by atoms with E-state index in [1.165, 1.54) is 18.2 Å². The molecule has 0 aliphatic rings. The van der Waals surface area contributed by atoms with Crippen LogP contribution in [0.2, 0.25) is 0 Å². The number of carbonyl (C=O) groups is 1. The quantitative estimate of drug-likeness (QED) is 0.833. The van der Waals surface area contributed by atoms with Gasteiger partial charge >= 0.3 is 5.97 Å². The van der Waals surface area contributed by atoms with Gasteiger partial charge in [-0.25, -0.2) is 9.18 Å². The lowest BCUT2D eigenvalue weighted by Crippen LogP contribution is -2.24. The molecule has 0 saturated heterocycles. The Morgan fingerprint density at radius 2 is 1.95 bits per heavy atom. The highest BCUT2D eigenvalue weighted by atomic mass is 19.1. The van der Waals surface area contributed by atoms with Crippen LogP contribution in [0.1, 0.15) is 24.1 Å². The Bertz CT molecular complexity index is 631.